The third kappa shape index (κ3) is 4.38. The second-order valence-electron chi connectivity index (χ2n) is 3.86. The van der Waals surface area contributed by atoms with Crippen LogP contribution in [0.15, 0.2) is 0 Å². The van der Waals surface area contributed by atoms with Crippen molar-refractivity contribution < 1.29 is 10.2 Å². The predicted octanol–water partition coefficient (Wildman–Crippen LogP) is 1.41. The molecular weight excluding hydrogens is 140 g/mol. The lowest BCUT2D eigenvalue weighted by molar-refractivity contribution is 0.0326. The first-order valence-corrected chi connectivity index (χ1v) is 4.31. The second-order valence-corrected chi connectivity index (χ2v) is 3.86. The van der Waals surface area contributed by atoms with E-state index in [9.17, 15) is 10.2 Å². The van der Waals surface area contributed by atoms with Gasteiger partial charge in [-0.3, -0.25) is 0 Å². The summed E-state index contributed by atoms with van der Waals surface area (Å²) in [6.07, 6.45) is -0.241. The molecule has 2 nitrogen and oxygen atoms in total. The molecule has 0 rings (SSSR count). The van der Waals surface area contributed by atoms with Crippen LogP contribution in [0.4, 0.5) is 0 Å². The molecule has 0 aromatic heterocycles. The SMILES string of the molecule is CC(C)[C@H](O)C[C@@H](O)C(C)C. The van der Waals surface area contributed by atoms with Crippen molar-refractivity contribution in [3.8, 4) is 0 Å². The molecule has 2 atom stereocenters. The van der Waals surface area contributed by atoms with Gasteiger partial charge in [0.25, 0.3) is 0 Å². The lowest BCUT2D eigenvalue weighted by atomic mass is 9.95. The number of hydrogen-bond donors (Lipinski definition) is 2. The molecule has 0 spiro atoms. The monoisotopic (exact) mass is 160 g/mol. The van der Waals surface area contributed by atoms with E-state index in [-0.39, 0.29) is 24.0 Å². The van der Waals surface area contributed by atoms with E-state index in [1.807, 2.05) is 27.7 Å². The van der Waals surface area contributed by atoms with Gasteiger partial charge < -0.3 is 10.2 Å². The summed E-state index contributed by atoms with van der Waals surface area (Å²) in [5, 5.41) is 18.8. The molecule has 2 heteroatoms. The van der Waals surface area contributed by atoms with E-state index in [2.05, 4.69) is 0 Å². The van der Waals surface area contributed by atoms with Gasteiger partial charge in [-0.1, -0.05) is 27.7 Å². The van der Waals surface area contributed by atoms with Crippen LogP contribution in [0.3, 0.4) is 0 Å². The molecule has 2 N–H and O–H groups in total. The molecule has 0 aliphatic heterocycles. The molecule has 68 valence electrons. The fraction of sp³-hybridized carbons (Fsp3) is 1.00. The minimum Gasteiger partial charge on any atom is -0.393 e. The van der Waals surface area contributed by atoms with Gasteiger partial charge in [0, 0.05) is 0 Å². The van der Waals surface area contributed by atoms with Gasteiger partial charge in [0.2, 0.25) is 0 Å². The maximum atomic E-state index is 9.39. The highest BCUT2D eigenvalue weighted by molar-refractivity contribution is 4.68. The first-order chi connectivity index (χ1) is 4.95. The minimum absolute atomic E-state index is 0.239. The highest BCUT2D eigenvalue weighted by Crippen LogP contribution is 2.13. The Kier molecular flexibility index (Phi) is 4.69. The zero-order chi connectivity index (χ0) is 9.02. The van der Waals surface area contributed by atoms with E-state index in [1.54, 1.807) is 0 Å². The van der Waals surface area contributed by atoms with Crippen LogP contribution in [-0.2, 0) is 0 Å². The Morgan fingerprint density at radius 2 is 1.09 bits per heavy atom. The molecule has 0 saturated carbocycles. The van der Waals surface area contributed by atoms with E-state index in [1.165, 1.54) is 0 Å². The number of aliphatic hydroxyl groups is 2. The van der Waals surface area contributed by atoms with Crippen LogP contribution in [0.25, 0.3) is 0 Å². The van der Waals surface area contributed by atoms with Gasteiger partial charge in [-0.25, -0.2) is 0 Å². The summed E-state index contributed by atoms with van der Waals surface area (Å²) in [5.41, 5.74) is 0. The van der Waals surface area contributed by atoms with Crippen molar-refractivity contribution in [1.82, 2.24) is 0 Å². The first-order valence-electron chi connectivity index (χ1n) is 4.31. The molecule has 0 aromatic rings. The number of rotatable bonds is 4. The summed E-state index contributed by atoms with van der Waals surface area (Å²) in [5.74, 6) is 0.479. The Morgan fingerprint density at radius 1 is 0.818 bits per heavy atom. The fourth-order valence-corrected chi connectivity index (χ4v) is 0.792. The van der Waals surface area contributed by atoms with Crippen LogP contribution in [0.2, 0.25) is 0 Å². The van der Waals surface area contributed by atoms with E-state index < -0.39 is 0 Å². The summed E-state index contributed by atoms with van der Waals surface area (Å²) >= 11 is 0. The van der Waals surface area contributed by atoms with Crippen LogP contribution in [0.1, 0.15) is 34.1 Å². The zero-order valence-electron chi connectivity index (χ0n) is 7.91. The van der Waals surface area contributed by atoms with Crippen LogP contribution in [0, 0.1) is 11.8 Å². The van der Waals surface area contributed by atoms with Crippen LogP contribution < -0.4 is 0 Å². The van der Waals surface area contributed by atoms with Crippen LogP contribution in [0.5, 0.6) is 0 Å². The molecule has 0 bridgehead atoms. The molecule has 0 heterocycles. The van der Waals surface area contributed by atoms with Crippen LogP contribution in [-0.4, -0.2) is 22.4 Å². The molecule has 0 unspecified atom stereocenters. The molecule has 0 aliphatic rings. The van der Waals surface area contributed by atoms with Crippen molar-refractivity contribution >= 4 is 0 Å². The van der Waals surface area contributed by atoms with Gasteiger partial charge in [-0.2, -0.15) is 0 Å². The smallest absolute Gasteiger partial charge is 0.0587 e. The number of aliphatic hydroxyl groups excluding tert-OH is 2. The van der Waals surface area contributed by atoms with Gasteiger partial charge in [-0.05, 0) is 18.3 Å². The van der Waals surface area contributed by atoms with Crippen molar-refractivity contribution in [3.05, 3.63) is 0 Å². The van der Waals surface area contributed by atoms with Crippen LogP contribution >= 0.6 is 0 Å². The molecule has 11 heavy (non-hydrogen) atoms. The lowest BCUT2D eigenvalue weighted by Crippen LogP contribution is -2.25. The van der Waals surface area contributed by atoms with Crippen molar-refractivity contribution in [2.45, 2.75) is 46.3 Å². The third-order valence-electron chi connectivity index (χ3n) is 2.02. The molecule has 0 radical (unpaired) electrons. The Balaban J connectivity index is 3.66. The van der Waals surface area contributed by atoms with Crippen molar-refractivity contribution in [2.75, 3.05) is 0 Å². The van der Waals surface area contributed by atoms with Crippen molar-refractivity contribution in [1.29, 1.82) is 0 Å². The highest BCUT2D eigenvalue weighted by Gasteiger charge is 2.16. The Bertz CT molecular complexity index is 87.7. The first kappa shape index (κ1) is 10.9. The summed E-state index contributed by atoms with van der Waals surface area (Å²) in [7, 11) is 0. The van der Waals surface area contributed by atoms with E-state index >= 15 is 0 Å². The topological polar surface area (TPSA) is 40.5 Å². The normalized spacial score (nSPS) is 17.5. The van der Waals surface area contributed by atoms with Gasteiger partial charge in [0.15, 0.2) is 0 Å². The molecule has 0 fully saturated rings. The summed E-state index contributed by atoms with van der Waals surface area (Å²) in [6.45, 7) is 7.82. The van der Waals surface area contributed by atoms with Gasteiger partial charge >= 0.3 is 0 Å². The summed E-state index contributed by atoms with van der Waals surface area (Å²) in [6, 6.07) is 0. The molecule has 0 amide bonds. The quantitative estimate of drug-likeness (QED) is 0.653. The van der Waals surface area contributed by atoms with E-state index in [0.717, 1.165) is 0 Å². The molecule has 0 saturated heterocycles. The van der Waals surface area contributed by atoms with E-state index in [4.69, 9.17) is 0 Å². The second kappa shape index (κ2) is 4.73. The maximum Gasteiger partial charge on any atom is 0.0587 e. The standard InChI is InChI=1S/C9H20O2/c1-6(2)8(10)5-9(11)7(3)4/h6-11H,5H2,1-4H3/t8-,9-/m1/s1. The van der Waals surface area contributed by atoms with Gasteiger partial charge in [0.05, 0.1) is 12.2 Å². The summed E-state index contributed by atoms with van der Waals surface area (Å²) < 4.78 is 0. The lowest BCUT2D eigenvalue weighted by Gasteiger charge is -2.20. The molecule has 0 aliphatic carbocycles. The van der Waals surface area contributed by atoms with Gasteiger partial charge in [0.1, 0.15) is 0 Å². The molecular formula is C9H20O2. The largest absolute Gasteiger partial charge is 0.393 e. The Morgan fingerprint density at radius 3 is 1.27 bits per heavy atom. The van der Waals surface area contributed by atoms with E-state index in [0.29, 0.717) is 6.42 Å². The summed E-state index contributed by atoms with van der Waals surface area (Å²) in [4.78, 5) is 0. The predicted molar refractivity (Wildman–Crippen MR) is 46.3 cm³/mol. The Hall–Kier alpha value is -0.0800. The van der Waals surface area contributed by atoms with Crippen molar-refractivity contribution in [3.63, 3.8) is 0 Å². The average Bonchev–Trinajstić information content (AvgIpc) is 1.87. The number of hydrogen-bond acceptors (Lipinski definition) is 2. The zero-order valence-corrected chi connectivity index (χ0v) is 7.91. The molecule has 0 aromatic carbocycles. The fourth-order valence-electron chi connectivity index (χ4n) is 0.792. The average molecular weight is 160 g/mol. The Labute approximate surface area is 69.2 Å². The van der Waals surface area contributed by atoms with Crippen molar-refractivity contribution in [2.24, 2.45) is 11.8 Å². The third-order valence-corrected chi connectivity index (χ3v) is 2.02. The van der Waals surface area contributed by atoms with Gasteiger partial charge in [-0.15, -0.1) is 0 Å². The maximum absolute atomic E-state index is 9.39. The minimum atomic E-state index is -0.368. The highest BCUT2D eigenvalue weighted by atomic mass is 16.3.